The van der Waals surface area contributed by atoms with E-state index in [9.17, 15) is 4.79 Å². The average molecular weight is 529 g/mol. The van der Waals surface area contributed by atoms with Crippen LogP contribution in [0.1, 0.15) is 23.0 Å². The molecule has 0 fully saturated rings. The number of hydrogen-bond acceptors (Lipinski definition) is 3. The third kappa shape index (κ3) is 5.15. The second-order valence-electron chi connectivity index (χ2n) is 8.34. The maximum absolute atomic E-state index is 13.3. The van der Waals surface area contributed by atoms with E-state index in [-0.39, 0.29) is 18.4 Å². The summed E-state index contributed by atoms with van der Waals surface area (Å²) < 4.78 is 8.40. The van der Waals surface area contributed by atoms with Crippen molar-refractivity contribution in [1.82, 2.24) is 19.9 Å². The predicted molar refractivity (Wildman–Crippen MR) is 141 cm³/mol. The SMILES string of the molecule is COc1ccc2[nH]cc(CC(=O)N[C@@H](Cc3ccccc3)c3nccn3-c3ccc(Br)cc3)c2c1. The number of aromatic amines is 1. The van der Waals surface area contributed by atoms with E-state index in [0.29, 0.717) is 6.42 Å². The zero-order valence-corrected chi connectivity index (χ0v) is 20.8. The molecule has 0 spiro atoms. The van der Waals surface area contributed by atoms with Crippen molar-refractivity contribution in [2.24, 2.45) is 0 Å². The van der Waals surface area contributed by atoms with E-state index in [1.807, 2.05) is 77.6 Å². The number of benzene rings is 3. The van der Waals surface area contributed by atoms with E-state index >= 15 is 0 Å². The van der Waals surface area contributed by atoms with E-state index in [1.165, 1.54) is 0 Å². The van der Waals surface area contributed by atoms with Gasteiger partial charge in [-0.05, 0) is 60.0 Å². The minimum absolute atomic E-state index is 0.0694. The fourth-order valence-corrected chi connectivity index (χ4v) is 4.56. The Balaban J connectivity index is 1.43. The van der Waals surface area contributed by atoms with Crippen molar-refractivity contribution >= 4 is 32.7 Å². The Hall–Kier alpha value is -3.84. The van der Waals surface area contributed by atoms with Gasteiger partial charge in [-0.1, -0.05) is 46.3 Å². The van der Waals surface area contributed by atoms with Gasteiger partial charge in [0.2, 0.25) is 5.91 Å². The third-order valence-electron chi connectivity index (χ3n) is 6.03. The molecule has 1 atom stereocenters. The van der Waals surface area contributed by atoms with Gasteiger partial charge < -0.3 is 19.6 Å². The molecule has 0 aliphatic carbocycles. The molecule has 0 unspecified atom stereocenters. The van der Waals surface area contributed by atoms with Gasteiger partial charge in [-0.15, -0.1) is 0 Å². The minimum atomic E-state index is -0.303. The van der Waals surface area contributed by atoms with Gasteiger partial charge in [0.05, 0.1) is 19.6 Å². The number of H-pyrrole nitrogens is 1. The Bertz CT molecular complexity index is 1440. The van der Waals surface area contributed by atoms with E-state index in [2.05, 4.69) is 43.3 Å². The molecule has 3 aromatic carbocycles. The van der Waals surface area contributed by atoms with Crippen molar-refractivity contribution < 1.29 is 9.53 Å². The number of carbonyl (C=O) groups excluding carboxylic acids is 1. The molecule has 0 saturated heterocycles. The first-order valence-corrected chi connectivity index (χ1v) is 12.2. The highest BCUT2D eigenvalue weighted by molar-refractivity contribution is 9.10. The molecule has 7 heteroatoms. The van der Waals surface area contributed by atoms with Gasteiger partial charge in [-0.25, -0.2) is 4.98 Å². The standard InChI is InChI=1S/C28H25BrN4O2/c1-35-23-11-12-25-24(17-23)20(18-31-25)16-27(34)32-26(15-19-5-3-2-4-6-19)28-30-13-14-33(28)22-9-7-21(29)8-10-22/h2-14,17-18,26,31H,15-16H2,1H3,(H,32,34)/t26-/m0/s1. The van der Waals surface area contributed by atoms with Gasteiger partial charge in [0.1, 0.15) is 11.6 Å². The zero-order valence-electron chi connectivity index (χ0n) is 19.2. The second-order valence-corrected chi connectivity index (χ2v) is 9.26. The molecule has 2 N–H and O–H groups in total. The van der Waals surface area contributed by atoms with Crippen molar-refractivity contribution in [2.45, 2.75) is 18.9 Å². The number of halogens is 1. The van der Waals surface area contributed by atoms with Crippen LogP contribution in [-0.2, 0) is 17.6 Å². The van der Waals surface area contributed by atoms with E-state index in [4.69, 9.17) is 4.74 Å². The highest BCUT2D eigenvalue weighted by Crippen LogP contribution is 2.25. The zero-order chi connectivity index (χ0) is 24.2. The van der Waals surface area contributed by atoms with Crippen LogP contribution in [-0.4, -0.2) is 27.6 Å². The fourth-order valence-electron chi connectivity index (χ4n) is 4.30. The molecule has 35 heavy (non-hydrogen) atoms. The second kappa shape index (κ2) is 10.2. The van der Waals surface area contributed by atoms with Crippen LogP contribution < -0.4 is 10.1 Å². The number of nitrogens with one attached hydrogen (secondary N) is 2. The lowest BCUT2D eigenvalue weighted by Gasteiger charge is -2.20. The van der Waals surface area contributed by atoms with Crippen LogP contribution in [0.4, 0.5) is 0 Å². The topological polar surface area (TPSA) is 71.9 Å². The van der Waals surface area contributed by atoms with Crippen LogP contribution in [0.3, 0.4) is 0 Å². The fraction of sp³-hybridized carbons (Fsp3) is 0.143. The molecule has 5 aromatic rings. The Kier molecular flexibility index (Phi) is 6.68. The number of amides is 1. The van der Waals surface area contributed by atoms with Gasteiger partial charge in [-0.3, -0.25) is 4.79 Å². The van der Waals surface area contributed by atoms with Crippen LogP contribution >= 0.6 is 15.9 Å². The number of methoxy groups -OCH3 is 1. The summed E-state index contributed by atoms with van der Waals surface area (Å²) in [5.74, 6) is 1.47. The third-order valence-corrected chi connectivity index (χ3v) is 6.56. The number of aromatic nitrogens is 3. The molecule has 5 rings (SSSR count). The largest absolute Gasteiger partial charge is 0.497 e. The number of nitrogens with zero attached hydrogens (tertiary/aromatic N) is 2. The number of ether oxygens (including phenoxy) is 1. The Labute approximate surface area is 212 Å². The number of fused-ring (bicyclic) bond motifs is 1. The molecule has 2 heterocycles. The van der Waals surface area contributed by atoms with Crippen molar-refractivity contribution in [2.75, 3.05) is 7.11 Å². The Morgan fingerprint density at radius 1 is 1.11 bits per heavy atom. The average Bonchev–Trinajstić information content (AvgIpc) is 3.52. The van der Waals surface area contributed by atoms with Crippen LogP contribution in [0, 0.1) is 0 Å². The highest BCUT2D eigenvalue weighted by Gasteiger charge is 2.22. The molecule has 0 bridgehead atoms. The van der Waals surface area contributed by atoms with Crippen molar-refractivity contribution in [1.29, 1.82) is 0 Å². The molecule has 0 aliphatic heterocycles. The van der Waals surface area contributed by atoms with Crippen molar-refractivity contribution in [3.8, 4) is 11.4 Å². The van der Waals surface area contributed by atoms with Crippen LogP contribution in [0.25, 0.3) is 16.6 Å². The summed E-state index contributed by atoms with van der Waals surface area (Å²) in [5.41, 5.74) is 4.00. The van der Waals surface area contributed by atoms with Crippen LogP contribution in [0.5, 0.6) is 5.75 Å². The monoisotopic (exact) mass is 528 g/mol. The van der Waals surface area contributed by atoms with Gasteiger partial charge in [0.25, 0.3) is 0 Å². The van der Waals surface area contributed by atoms with Crippen LogP contribution in [0.15, 0.2) is 95.9 Å². The lowest BCUT2D eigenvalue weighted by atomic mass is 10.0. The maximum atomic E-state index is 13.3. The van der Waals surface area contributed by atoms with E-state index in [1.54, 1.807) is 13.3 Å². The molecule has 0 aliphatic rings. The number of rotatable bonds is 8. The van der Waals surface area contributed by atoms with Crippen LogP contribution in [0.2, 0.25) is 0 Å². The smallest absolute Gasteiger partial charge is 0.225 e. The highest BCUT2D eigenvalue weighted by atomic mass is 79.9. The van der Waals surface area contributed by atoms with Gasteiger partial charge in [0, 0.05) is 39.7 Å². The number of imidazole rings is 1. The summed E-state index contributed by atoms with van der Waals surface area (Å²) in [7, 11) is 1.64. The summed E-state index contributed by atoms with van der Waals surface area (Å²) in [6.45, 7) is 0. The lowest BCUT2D eigenvalue weighted by molar-refractivity contribution is -0.121. The molecule has 0 radical (unpaired) electrons. The van der Waals surface area contributed by atoms with Crippen molar-refractivity contribution in [3.63, 3.8) is 0 Å². The first-order chi connectivity index (χ1) is 17.1. The van der Waals surface area contributed by atoms with Gasteiger partial charge >= 0.3 is 0 Å². The molecule has 6 nitrogen and oxygen atoms in total. The molecular weight excluding hydrogens is 504 g/mol. The summed E-state index contributed by atoms with van der Waals surface area (Å²) in [6.07, 6.45) is 6.46. The first-order valence-electron chi connectivity index (χ1n) is 11.4. The van der Waals surface area contributed by atoms with E-state index < -0.39 is 0 Å². The predicted octanol–water partition coefficient (Wildman–Crippen LogP) is 5.77. The Morgan fingerprint density at radius 3 is 2.69 bits per heavy atom. The van der Waals surface area contributed by atoms with Gasteiger partial charge in [-0.2, -0.15) is 0 Å². The summed E-state index contributed by atoms with van der Waals surface area (Å²) in [4.78, 5) is 21.2. The Morgan fingerprint density at radius 2 is 1.91 bits per heavy atom. The molecule has 176 valence electrons. The minimum Gasteiger partial charge on any atom is -0.497 e. The quantitative estimate of drug-likeness (QED) is 0.268. The summed E-state index contributed by atoms with van der Waals surface area (Å²) >= 11 is 3.50. The molecule has 1 amide bonds. The maximum Gasteiger partial charge on any atom is 0.225 e. The number of hydrogen-bond donors (Lipinski definition) is 2. The summed E-state index contributed by atoms with van der Waals surface area (Å²) in [5, 5.41) is 4.23. The number of carbonyl (C=O) groups is 1. The molecule has 2 aromatic heterocycles. The molecular formula is C28H25BrN4O2. The van der Waals surface area contributed by atoms with Gasteiger partial charge in [0.15, 0.2) is 0 Å². The van der Waals surface area contributed by atoms with Crippen molar-refractivity contribution in [3.05, 3.63) is 113 Å². The lowest BCUT2D eigenvalue weighted by Crippen LogP contribution is -2.33. The first kappa shape index (κ1) is 22.9. The molecule has 0 saturated carbocycles. The normalized spacial score (nSPS) is 11.9. The van der Waals surface area contributed by atoms with E-state index in [0.717, 1.165) is 43.8 Å². The summed E-state index contributed by atoms with van der Waals surface area (Å²) in [6, 6.07) is 23.7.